The summed E-state index contributed by atoms with van der Waals surface area (Å²) >= 11 is -2.03. The number of pyridine rings is 2. The fraction of sp³-hybridized carbons (Fsp3) is 0.271. The van der Waals surface area contributed by atoms with Gasteiger partial charge in [-0.05, 0) is 54.2 Å². The van der Waals surface area contributed by atoms with Crippen LogP contribution >= 0.6 is 0 Å². The van der Waals surface area contributed by atoms with Gasteiger partial charge in [0.05, 0.1) is 22.4 Å². The minimum atomic E-state index is -2.03. The number of rotatable bonds is 7. The monoisotopic (exact) mass is 966 g/mol. The van der Waals surface area contributed by atoms with Gasteiger partial charge in [0.1, 0.15) is 0 Å². The molecule has 0 saturated heterocycles. The molecule has 0 aliphatic carbocycles. The average molecular weight is 965 g/mol. The van der Waals surface area contributed by atoms with E-state index in [9.17, 15) is 0 Å². The first-order chi connectivity index (χ1) is 26.1. The molecule has 4 heterocycles. The van der Waals surface area contributed by atoms with Crippen LogP contribution in [0.5, 0.6) is 0 Å². The maximum absolute atomic E-state index is 8.44. The van der Waals surface area contributed by atoms with Crippen molar-refractivity contribution in [2.45, 2.75) is 83.5 Å². The van der Waals surface area contributed by atoms with Crippen LogP contribution in [-0.2, 0) is 20.1 Å². The molecule has 4 aromatic carbocycles. The molecule has 0 spiro atoms. The second-order valence-corrected chi connectivity index (χ2v) is 26.6. The summed E-state index contributed by atoms with van der Waals surface area (Å²) in [7, 11) is 0. The van der Waals surface area contributed by atoms with E-state index in [2.05, 4.69) is 126 Å². The number of furan rings is 1. The molecule has 0 aliphatic heterocycles. The van der Waals surface area contributed by atoms with E-state index in [1.807, 2.05) is 69.4 Å². The molecule has 8 rings (SSSR count). The van der Waals surface area contributed by atoms with Crippen LogP contribution in [-0.4, -0.2) is 32.8 Å². The zero-order valence-electron chi connectivity index (χ0n) is 34.5. The fourth-order valence-corrected chi connectivity index (χ4v) is 10.6. The summed E-state index contributed by atoms with van der Waals surface area (Å²) in [5, 5.41) is 2.04. The Morgan fingerprint density at radius 3 is 2.11 bits per heavy atom. The molecule has 8 aromatic rings. The molecule has 1 radical (unpaired) electrons. The molecule has 0 atom stereocenters. The average Bonchev–Trinajstić information content (AvgIpc) is 3.72. The third kappa shape index (κ3) is 8.00. The molecular weight excluding hydrogens is 913 g/mol. The van der Waals surface area contributed by atoms with Crippen molar-refractivity contribution in [3.8, 4) is 28.3 Å². The molecule has 283 valence electrons. The largest absolute Gasteiger partial charge is 0 e. The van der Waals surface area contributed by atoms with Gasteiger partial charge in [-0.3, -0.25) is 4.98 Å². The maximum atomic E-state index is 8.44. The topological polar surface area (TPSA) is 56.7 Å². The Morgan fingerprint density at radius 2 is 1.45 bits per heavy atom. The Kier molecular flexibility index (Phi) is 11.6. The summed E-state index contributed by atoms with van der Waals surface area (Å²) in [6, 6.07) is 39.8. The third-order valence-electron chi connectivity index (χ3n) is 10.0. The van der Waals surface area contributed by atoms with Crippen LogP contribution in [0.1, 0.15) is 83.0 Å². The Balaban J connectivity index is 0.000000217. The van der Waals surface area contributed by atoms with E-state index in [1.54, 1.807) is 0 Å². The summed E-state index contributed by atoms with van der Waals surface area (Å²) in [4.78, 5) is 14.4. The van der Waals surface area contributed by atoms with Gasteiger partial charge in [0.15, 0.2) is 0 Å². The maximum Gasteiger partial charge on any atom is 0 e. The summed E-state index contributed by atoms with van der Waals surface area (Å²) < 4.78 is 18.5. The van der Waals surface area contributed by atoms with E-state index in [-0.39, 0.29) is 20.1 Å². The number of aromatic nitrogens is 4. The molecule has 0 unspecified atom stereocenters. The Labute approximate surface area is 343 Å². The normalized spacial score (nSPS) is 12.3. The second-order valence-electron chi connectivity index (χ2n) is 16.0. The summed E-state index contributed by atoms with van der Waals surface area (Å²) in [6.07, 6.45) is 2.00. The van der Waals surface area contributed by atoms with E-state index in [4.69, 9.17) is 10.8 Å². The SMILES string of the molecule is Cc1ccc2c(n1)oc1c(-c3nc4ccccc4n3-c3c(C(C)C)cccc3C(C)C)[c-]ccc12.[2H]C(C)(C)c1cc(-c2[c-]cccc2)nc[c]1[Ge]([CH3])([CH3])[CH3].[Ir]. The Hall–Kier alpha value is -4.36. The van der Waals surface area contributed by atoms with Crippen LogP contribution in [0.3, 0.4) is 0 Å². The standard InChI is InChI=1S/C31H28N3O.C17H22GeN.Ir/c1-18(2)21-10-8-11-22(19(3)4)28(21)34-27-15-7-6-14-26(27)33-30(34)25-13-9-12-23-24-17-16-20(5)32-31(24)35-29(23)25;1-13(2)15-11-17(14-9-7-6-8-10-14)19-12-16(15)18(3,4)5;/h6-12,14-19H,1-5H3;6-9,11-13H,1-5H3;/q2*-1;/i;13D;. The fourth-order valence-electron chi connectivity index (χ4n) is 7.24. The van der Waals surface area contributed by atoms with Gasteiger partial charge in [-0.2, -0.15) is 0 Å². The van der Waals surface area contributed by atoms with Crippen molar-refractivity contribution in [1.29, 1.82) is 0 Å². The van der Waals surface area contributed by atoms with Gasteiger partial charge in [0.2, 0.25) is 5.71 Å². The minimum absolute atomic E-state index is 0. The number of fused-ring (bicyclic) bond motifs is 4. The second kappa shape index (κ2) is 16.4. The molecule has 4 aromatic heterocycles. The van der Waals surface area contributed by atoms with Crippen LogP contribution in [0.4, 0.5) is 0 Å². The molecule has 0 aliphatic rings. The van der Waals surface area contributed by atoms with Crippen LogP contribution in [0, 0.1) is 19.1 Å². The number of hydrogen-bond acceptors (Lipinski definition) is 4. The first-order valence-corrected chi connectivity index (χ1v) is 26.3. The first-order valence-electron chi connectivity index (χ1n) is 19.4. The summed E-state index contributed by atoms with van der Waals surface area (Å²) in [6.45, 7) is 14.9. The molecule has 5 nitrogen and oxygen atoms in total. The van der Waals surface area contributed by atoms with Crippen LogP contribution < -0.4 is 4.40 Å². The Bertz CT molecular complexity index is 2620. The van der Waals surface area contributed by atoms with Gasteiger partial charge in [-0.1, -0.05) is 69.0 Å². The molecule has 0 amide bonds. The van der Waals surface area contributed by atoms with E-state index < -0.39 is 19.2 Å². The van der Waals surface area contributed by atoms with Crippen molar-refractivity contribution in [2.75, 3.05) is 0 Å². The third-order valence-corrected chi connectivity index (χ3v) is 14.3. The number of aryl methyl sites for hydroxylation is 1. The van der Waals surface area contributed by atoms with Crippen molar-refractivity contribution in [3.05, 3.63) is 138 Å². The van der Waals surface area contributed by atoms with Crippen molar-refractivity contribution in [3.63, 3.8) is 0 Å². The molecule has 0 N–H and O–H groups in total. The predicted molar refractivity (Wildman–Crippen MR) is 229 cm³/mol. The van der Waals surface area contributed by atoms with Gasteiger partial charge in [-0.15, -0.1) is 18.2 Å². The van der Waals surface area contributed by atoms with E-state index in [1.165, 1.54) is 21.2 Å². The molecule has 0 bridgehead atoms. The zero-order valence-corrected chi connectivity index (χ0v) is 38.0. The van der Waals surface area contributed by atoms with Crippen molar-refractivity contribution < 1.29 is 25.9 Å². The zero-order chi connectivity index (χ0) is 39.2. The van der Waals surface area contributed by atoms with Crippen LogP contribution in [0.15, 0.2) is 108 Å². The van der Waals surface area contributed by atoms with Gasteiger partial charge < -0.3 is 8.98 Å². The van der Waals surface area contributed by atoms with Crippen molar-refractivity contribution >= 4 is 50.8 Å². The van der Waals surface area contributed by atoms with Crippen LogP contribution in [0.25, 0.3) is 61.4 Å². The molecule has 0 fully saturated rings. The number of benzene rings is 4. The Morgan fingerprint density at radius 1 is 0.745 bits per heavy atom. The van der Waals surface area contributed by atoms with Gasteiger partial charge in [0, 0.05) is 36.9 Å². The summed E-state index contributed by atoms with van der Waals surface area (Å²) in [5.41, 5.74) is 12.1. The van der Waals surface area contributed by atoms with Crippen molar-refractivity contribution in [1.82, 2.24) is 19.5 Å². The van der Waals surface area contributed by atoms with E-state index in [0.29, 0.717) is 17.5 Å². The van der Waals surface area contributed by atoms with Gasteiger partial charge in [-0.25, -0.2) is 4.98 Å². The molecule has 0 saturated carbocycles. The smallest absolute Gasteiger partial charge is 0 e. The quantitative estimate of drug-likeness (QED) is 0.118. The van der Waals surface area contributed by atoms with Crippen molar-refractivity contribution in [2.24, 2.45) is 0 Å². The van der Waals surface area contributed by atoms with Gasteiger partial charge >= 0.3 is 120 Å². The first kappa shape index (κ1) is 38.9. The molecular formula is C48H50GeIrN4O-2. The predicted octanol–water partition coefficient (Wildman–Crippen LogP) is 12.6. The number of para-hydroxylation sites is 3. The van der Waals surface area contributed by atoms with Crippen LogP contribution in [0.2, 0.25) is 17.3 Å². The number of hydrogen-bond donors (Lipinski definition) is 0. The number of imidazole rings is 1. The molecule has 7 heteroatoms. The van der Waals surface area contributed by atoms with E-state index >= 15 is 0 Å². The van der Waals surface area contributed by atoms with Gasteiger partial charge in [0.25, 0.3) is 0 Å². The number of nitrogens with zero attached hydrogens (tertiary/aromatic N) is 4. The summed E-state index contributed by atoms with van der Waals surface area (Å²) in [5.74, 6) is 8.00. The molecule has 55 heavy (non-hydrogen) atoms. The van der Waals surface area contributed by atoms with E-state index in [0.717, 1.165) is 61.3 Å². The minimum Gasteiger partial charge on any atom is 0 e.